The van der Waals surface area contributed by atoms with E-state index in [1.807, 2.05) is 0 Å². The average molecular weight is 155 g/mol. The predicted molar refractivity (Wildman–Crippen MR) is 44.3 cm³/mol. The lowest BCUT2D eigenvalue weighted by Crippen LogP contribution is -2.37. The third-order valence-electron chi connectivity index (χ3n) is 3.11. The van der Waals surface area contributed by atoms with Crippen molar-refractivity contribution < 1.29 is 4.74 Å². The van der Waals surface area contributed by atoms with Gasteiger partial charge in [-0.2, -0.15) is 0 Å². The summed E-state index contributed by atoms with van der Waals surface area (Å²) in [5.41, 5.74) is 0.189. The lowest BCUT2D eigenvalue weighted by Gasteiger charge is -2.25. The molecule has 0 aromatic rings. The van der Waals surface area contributed by atoms with Crippen LogP contribution >= 0.6 is 0 Å². The molecule has 64 valence electrons. The summed E-state index contributed by atoms with van der Waals surface area (Å²) in [5.74, 6) is 0.722. The molecule has 0 aromatic heterocycles. The van der Waals surface area contributed by atoms with Crippen LogP contribution in [0.3, 0.4) is 0 Å². The van der Waals surface area contributed by atoms with Gasteiger partial charge in [-0.1, -0.05) is 13.8 Å². The highest BCUT2D eigenvalue weighted by molar-refractivity contribution is 5.01. The Morgan fingerprint density at radius 1 is 1.45 bits per heavy atom. The molecule has 2 nitrogen and oxygen atoms in total. The molecule has 1 aliphatic heterocycles. The van der Waals surface area contributed by atoms with Gasteiger partial charge >= 0.3 is 0 Å². The van der Waals surface area contributed by atoms with E-state index in [-0.39, 0.29) is 5.72 Å². The molecule has 2 aliphatic rings. The number of ether oxygens (including phenoxy) is 1. The minimum atomic E-state index is 0.189. The van der Waals surface area contributed by atoms with Gasteiger partial charge < -0.3 is 4.74 Å². The van der Waals surface area contributed by atoms with Gasteiger partial charge in [0.15, 0.2) is 0 Å². The Hall–Kier alpha value is -0.0800. The van der Waals surface area contributed by atoms with Crippen molar-refractivity contribution in [1.29, 1.82) is 0 Å². The third kappa shape index (κ3) is 1.00. The van der Waals surface area contributed by atoms with Crippen molar-refractivity contribution in [2.45, 2.75) is 38.5 Å². The van der Waals surface area contributed by atoms with E-state index in [0.717, 1.165) is 12.5 Å². The van der Waals surface area contributed by atoms with Gasteiger partial charge in [-0.05, 0) is 25.8 Å². The van der Waals surface area contributed by atoms with Crippen LogP contribution in [0.15, 0.2) is 0 Å². The van der Waals surface area contributed by atoms with Crippen molar-refractivity contribution in [1.82, 2.24) is 4.90 Å². The van der Waals surface area contributed by atoms with Crippen LogP contribution in [-0.2, 0) is 4.74 Å². The van der Waals surface area contributed by atoms with E-state index in [1.165, 1.54) is 12.8 Å². The van der Waals surface area contributed by atoms with Crippen LogP contribution in [0.5, 0.6) is 0 Å². The first-order valence-corrected chi connectivity index (χ1v) is 4.53. The molecule has 1 saturated carbocycles. The van der Waals surface area contributed by atoms with Crippen LogP contribution in [0.1, 0.15) is 26.7 Å². The highest BCUT2D eigenvalue weighted by Crippen LogP contribution is 2.47. The van der Waals surface area contributed by atoms with Gasteiger partial charge in [0.25, 0.3) is 0 Å². The SMILES string of the molecule is CC(C)[C@@H]1COC2(CC2)N1C. The Kier molecular flexibility index (Phi) is 1.52. The molecule has 0 N–H and O–H groups in total. The molecule has 1 spiro atoms. The van der Waals surface area contributed by atoms with Crippen molar-refractivity contribution >= 4 is 0 Å². The average Bonchev–Trinajstić information content (AvgIpc) is 2.61. The second kappa shape index (κ2) is 2.20. The summed E-state index contributed by atoms with van der Waals surface area (Å²) < 4.78 is 5.76. The molecular weight excluding hydrogens is 138 g/mol. The third-order valence-corrected chi connectivity index (χ3v) is 3.11. The number of hydrogen-bond donors (Lipinski definition) is 0. The molecule has 1 saturated heterocycles. The molecule has 0 bridgehead atoms. The first-order chi connectivity index (χ1) is 5.16. The largest absolute Gasteiger partial charge is 0.359 e. The normalized spacial score (nSPS) is 35.5. The van der Waals surface area contributed by atoms with Crippen LogP contribution in [0.4, 0.5) is 0 Å². The van der Waals surface area contributed by atoms with Crippen molar-refractivity contribution in [2.24, 2.45) is 5.92 Å². The summed E-state index contributed by atoms with van der Waals surface area (Å²) in [6, 6.07) is 0.650. The summed E-state index contributed by atoms with van der Waals surface area (Å²) in [6.07, 6.45) is 2.49. The summed E-state index contributed by atoms with van der Waals surface area (Å²) >= 11 is 0. The maximum Gasteiger partial charge on any atom is 0.122 e. The lowest BCUT2D eigenvalue weighted by molar-refractivity contribution is 0.0174. The maximum absolute atomic E-state index is 5.76. The summed E-state index contributed by atoms with van der Waals surface area (Å²) in [6.45, 7) is 5.48. The van der Waals surface area contributed by atoms with E-state index in [9.17, 15) is 0 Å². The van der Waals surface area contributed by atoms with E-state index in [4.69, 9.17) is 4.74 Å². The van der Waals surface area contributed by atoms with E-state index in [1.54, 1.807) is 0 Å². The zero-order chi connectivity index (χ0) is 8.06. The Morgan fingerprint density at radius 3 is 2.36 bits per heavy atom. The van der Waals surface area contributed by atoms with Crippen LogP contribution in [0.2, 0.25) is 0 Å². The van der Waals surface area contributed by atoms with Gasteiger partial charge in [0.05, 0.1) is 6.61 Å². The molecule has 1 atom stereocenters. The van der Waals surface area contributed by atoms with Crippen LogP contribution in [-0.4, -0.2) is 30.3 Å². The second-order valence-corrected chi connectivity index (χ2v) is 4.18. The molecule has 1 aliphatic carbocycles. The summed E-state index contributed by atoms with van der Waals surface area (Å²) in [4.78, 5) is 2.43. The Labute approximate surface area is 68.5 Å². The van der Waals surface area contributed by atoms with Gasteiger partial charge in [0, 0.05) is 6.04 Å². The van der Waals surface area contributed by atoms with Gasteiger partial charge in [-0.3, -0.25) is 4.90 Å². The smallest absolute Gasteiger partial charge is 0.122 e. The Bertz CT molecular complexity index is 163. The number of nitrogens with zero attached hydrogens (tertiary/aromatic N) is 1. The van der Waals surface area contributed by atoms with Crippen molar-refractivity contribution in [3.05, 3.63) is 0 Å². The second-order valence-electron chi connectivity index (χ2n) is 4.18. The fourth-order valence-corrected chi connectivity index (χ4v) is 2.00. The van der Waals surface area contributed by atoms with E-state index in [0.29, 0.717) is 6.04 Å². The molecule has 11 heavy (non-hydrogen) atoms. The van der Waals surface area contributed by atoms with Crippen molar-refractivity contribution in [2.75, 3.05) is 13.7 Å². The molecule has 2 heteroatoms. The molecule has 2 rings (SSSR count). The summed E-state index contributed by atoms with van der Waals surface area (Å²) in [5, 5.41) is 0. The predicted octanol–water partition coefficient (Wildman–Crippen LogP) is 1.46. The van der Waals surface area contributed by atoms with Crippen molar-refractivity contribution in [3.8, 4) is 0 Å². The van der Waals surface area contributed by atoms with Gasteiger partial charge in [0.2, 0.25) is 0 Å². The van der Waals surface area contributed by atoms with Crippen LogP contribution in [0.25, 0.3) is 0 Å². The van der Waals surface area contributed by atoms with Gasteiger partial charge in [-0.25, -0.2) is 0 Å². The maximum atomic E-state index is 5.76. The first kappa shape index (κ1) is 7.56. The zero-order valence-electron chi connectivity index (χ0n) is 7.63. The minimum Gasteiger partial charge on any atom is -0.359 e. The molecular formula is C9H17NO. The van der Waals surface area contributed by atoms with Crippen molar-refractivity contribution in [3.63, 3.8) is 0 Å². The molecule has 0 aromatic carbocycles. The van der Waals surface area contributed by atoms with E-state index >= 15 is 0 Å². The Balaban J connectivity index is 2.06. The standard InChI is InChI=1S/C9H17NO/c1-7(2)8-6-11-9(4-5-9)10(8)3/h7-8H,4-6H2,1-3H3/t8-/m0/s1. The quantitative estimate of drug-likeness (QED) is 0.568. The van der Waals surface area contributed by atoms with Crippen LogP contribution in [0, 0.1) is 5.92 Å². The first-order valence-electron chi connectivity index (χ1n) is 4.53. The van der Waals surface area contributed by atoms with Crippen LogP contribution < -0.4 is 0 Å². The molecule has 1 heterocycles. The Morgan fingerprint density at radius 2 is 2.09 bits per heavy atom. The van der Waals surface area contributed by atoms with Gasteiger partial charge in [0.1, 0.15) is 5.72 Å². The monoisotopic (exact) mass is 155 g/mol. The number of rotatable bonds is 1. The zero-order valence-corrected chi connectivity index (χ0v) is 7.63. The summed E-state index contributed by atoms with van der Waals surface area (Å²) in [7, 11) is 2.20. The fraction of sp³-hybridized carbons (Fsp3) is 1.00. The molecule has 0 amide bonds. The van der Waals surface area contributed by atoms with E-state index in [2.05, 4.69) is 25.8 Å². The number of hydrogen-bond acceptors (Lipinski definition) is 2. The molecule has 2 fully saturated rings. The molecule has 0 unspecified atom stereocenters. The highest BCUT2D eigenvalue weighted by Gasteiger charge is 2.54. The minimum absolute atomic E-state index is 0.189. The fourth-order valence-electron chi connectivity index (χ4n) is 2.00. The van der Waals surface area contributed by atoms with E-state index < -0.39 is 0 Å². The topological polar surface area (TPSA) is 12.5 Å². The highest BCUT2D eigenvalue weighted by atomic mass is 16.5. The lowest BCUT2D eigenvalue weighted by atomic mass is 10.1. The molecule has 0 radical (unpaired) electrons. The van der Waals surface area contributed by atoms with Gasteiger partial charge in [-0.15, -0.1) is 0 Å². The number of likely N-dealkylation sites (N-methyl/N-ethyl adjacent to an activating group) is 1.